The van der Waals surface area contributed by atoms with Crippen LogP contribution in [0.5, 0.6) is 0 Å². The third-order valence-corrected chi connectivity index (χ3v) is 4.63. The van der Waals surface area contributed by atoms with Gasteiger partial charge >= 0.3 is 5.97 Å². The van der Waals surface area contributed by atoms with Crippen molar-refractivity contribution in [2.24, 2.45) is 5.92 Å². The summed E-state index contributed by atoms with van der Waals surface area (Å²) in [5.74, 6) is -3.51. The summed E-state index contributed by atoms with van der Waals surface area (Å²) >= 11 is 0. The van der Waals surface area contributed by atoms with Gasteiger partial charge in [-0.1, -0.05) is 18.2 Å². The molecule has 0 heterocycles. The summed E-state index contributed by atoms with van der Waals surface area (Å²) < 4.78 is 13.9. The van der Waals surface area contributed by atoms with Gasteiger partial charge in [0.05, 0.1) is 0 Å². The van der Waals surface area contributed by atoms with Crippen LogP contribution in [0.15, 0.2) is 24.3 Å². The number of ketones is 1. The number of carboxylic acid groups (broad SMARTS) is 1. The maximum absolute atomic E-state index is 13.9. The summed E-state index contributed by atoms with van der Waals surface area (Å²) in [6.07, 6.45) is 1.48. The number of rotatable bonds is 7. The maximum Gasteiger partial charge on any atom is 0.326 e. The van der Waals surface area contributed by atoms with E-state index in [9.17, 15) is 28.7 Å². The summed E-state index contributed by atoms with van der Waals surface area (Å²) in [5.41, 5.74) is 0.228. The van der Waals surface area contributed by atoms with E-state index in [1.807, 2.05) is 0 Å². The molecule has 0 radical (unpaired) electrons. The topological polar surface area (TPSA) is 113 Å². The summed E-state index contributed by atoms with van der Waals surface area (Å²) in [6.45, 7) is 1.22. The lowest BCUT2D eigenvalue weighted by Crippen LogP contribution is -2.54. The standard InChI is InChI=1S/C19H23FN2O5/c1-11(23)21-16(10-12-5-2-3-8-15(12)20)18(25)22-17(19(26)27)13-6-4-7-14(24)9-13/h2-3,5,8,13,16-17H,4,6-7,9-10H2,1H3,(H,21,23)(H,22,25)(H,26,27)/t13-,16-,17-/m1/s1. The van der Waals surface area contributed by atoms with Crippen molar-refractivity contribution in [3.05, 3.63) is 35.6 Å². The second-order valence-electron chi connectivity index (χ2n) is 6.77. The number of benzene rings is 1. The smallest absolute Gasteiger partial charge is 0.326 e. The van der Waals surface area contributed by atoms with Crippen molar-refractivity contribution in [3.63, 3.8) is 0 Å². The van der Waals surface area contributed by atoms with Crippen LogP contribution in [-0.2, 0) is 25.6 Å². The van der Waals surface area contributed by atoms with E-state index in [1.54, 1.807) is 6.07 Å². The molecule has 1 aromatic carbocycles. The number of hydrogen-bond donors (Lipinski definition) is 3. The molecule has 1 saturated carbocycles. The molecule has 2 rings (SSSR count). The molecule has 0 aromatic heterocycles. The monoisotopic (exact) mass is 378 g/mol. The number of hydrogen-bond acceptors (Lipinski definition) is 4. The molecule has 0 unspecified atom stereocenters. The fourth-order valence-corrected chi connectivity index (χ4v) is 3.32. The molecule has 3 N–H and O–H groups in total. The van der Waals surface area contributed by atoms with E-state index < -0.39 is 41.6 Å². The minimum Gasteiger partial charge on any atom is -0.480 e. The van der Waals surface area contributed by atoms with Crippen molar-refractivity contribution in [2.75, 3.05) is 0 Å². The van der Waals surface area contributed by atoms with Gasteiger partial charge in [-0.3, -0.25) is 14.4 Å². The molecule has 1 aliphatic carbocycles. The molecule has 27 heavy (non-hydrogen) atoms. The SMILES string of the molecule is CC(=O)N[C@H](Cc1ccccc1F)C(=O)N[C@@H](C(=O)O)[C@@H]1CCCC(=O)C1. The van der Waals surface area contributed by atoms with Crippen molar-refractivity contribution in [2.45, 2.75) is 51.1 Å². The van der Waals surface area contributed by atoms with Gasteiger partial charge in [0.25, 0.3) is 0 Å². The first kappa shape index (κ1) is 20.5. The fraction of sp³-hybridized carbons (Fsp3) is 0.474. The summed E-state index contributed by atoms with van der Waals surface area (Å²) in [7, 11) is 0. The van der Waals surface area contributed by atoms with E-state index in [0.29, 0.717) is 19.3 Å². The molecule has 0 aliphatic heterocycles. The fourth-order valence-electron chi connectivity index (χ4n) is 3.32. The van der Waals surface area contributed by atoms with E-state index >= 15 is 0 Å². The number of carboxylic acids is 1. The number of amides is 2. The molecule has 0 saturated heterocycles. The lowest BCUT2D eigenvalue weighted by molar-refractivity contribution is -0.144. The molecule has 1 aliphatic rings. The molecular weight excluding hydrogens is 355 g/mol. The van der Waals surface area contributed by atoms with Crippen molar-refractivity contribution in [3.8, 4) is 0 Å². The van der Waals surface area contributed by atoms with Crippen LogP contribution in [0, 0.1) is 11.7 Å². The second-order valence-corrected chi connectivity index (χ2v) is 6.77. The second kappa shape index (κ2) is 9.25. The van der Waals surface area contributed by atoms with Crippen LogP contribution < -0.4 is 10.6 Å². The molecule has 3 atom stereocenters. The molecule has 7 nitrogen and oxygen atoms in total. The van der Waals surface area contributed by atoms with Crippen LogP contribution >= 0.6 is 0 Å². The zero-order valence-electron chi connectivity index (χ0n) is 15.0. The maximum atomic E-state index is 13.9. The average molecular weight is 378 g/mol. The van der Waals surface area contributed by atoms with Crippen LogP contribution in [0.2, 0.25) is 0 Å². The zero-order chi connectivity index (χ0) is 20.0. The van der Waals surface area contributed by atoms with E-state index in [2.05, 4.69) is 10.6 Å². The lowest BCUT2D eigenvalue weighted by atomic mass is 9.83. The largest absolute Gasteiger partial charge is 0.480 e. The lowest BCUT2D eigenvalue weighted by Gasteiger charge is -2.29. The Hall–Kier alpha value is -2.77. The third-order valence-electron chi connectivity index (χ3n) is 4.63. The molecule has 1 fully saturated rings. The number of aliphatic carboxylic acids is 1. The Morgan fingerprint density at radius 3 is 2.56 bits per heavy atom. The van der Waals surface area contributed by atoms with Gasteiger partial charge in [-0.05, 0) is 30.4 Å². The van der Waals surface area contributed by atoms with E-state index in [1.165, 1.54) is 25.1 Å². The van der Waals surface area contributed by atoms with Crippen LogP contribution in [0.25, 0.3) is 0 Å². The average Bonchev–Trinajstić information content (AvgIpc) is 2.60. The van der Waals surface area contributed by atoms with Gasteiger partial charge in [0.1, 0.15) is 23.7 Å². The first-order chi connectivity index (χ1) is 12.8. The van der Waals surface area contributed by atoms with Crippen LogP contribution in [0.1, 0.15) is 38.2 Å². The molecule has 0 bridgehead atoms. The summed E-state index contributed by atoms with van der Waals surface area (Å²) in [6, 6.07) is 3.48. The highest BCUT2D eigenvalue weighted by atomic mass is 19.1. The quantitative estimate of drug-likeness (QED) is 0.660. The Kier molecular flexibility index (Phi) is 7.04. The van der Waals surface area contributed by atoms with Gasteiger partial charge in [0.2, 0.25) is 11.8 Å². The van der Waals surface area contributed by atoms with Gasteiger partial charge in [0.15, 0.2) is 0 Å². The van der Waals surface area contributed by atoms with Gasteiger partial charge in [-0.15, -0.1) is 0 Å². The Morgan fingerprint density at radius 2 is 1.96 bits per heavy atom. The van der Waals surface area contributed by atoms with Crippen molar-refractivity contribution in [1.82, 2.24) is 10.6 Å². The first-order valence-corrected chi connectivity index (χ1v) is 8.83. The third kappa shape index (κ3) is 5.87. The molecule has 8 heteroatoms. The molecular formula is C19H23FN2O5. The van der Waals surface area contributed by atoms with Gasteiger partial charge in [0, 0.05) is 26.2 Å². The molecule has 0 spiro atoms. The van der Waals surface area contributed by atoms with Crippen LogP contribution in [0.3, 0.4) is 0 Å². The van der Waals surface area contributed by atoms with Gasteiger partial charge in [-0.2, -0.15) is 0 Å². The number of Topliss-reactive ketones (excluding diaryl/α,β-unsaturated/α-hetero) is 1. The number of nitrogens with one attached hydrogen (secondary N) is 2. The minimum absolute atomic E-state index is 0.0310. The normalized spacial score (nSPS) is 19.0. The van der Waals surface area contributed by atoms with E-state index in [-0.39, 0.29) is 24.2 Å². The summed E-state index contributed by atoms with van der Waals surface area (Å²) in [5, 5.41) is 14.3. The predicted octanol–water partition coefficient (Wildman–Crippen LogP) is 1.20. The Morgan fingerprint density at radius 1 is 1.26 bits per heavy atom. The van der Waals surface area contributed by atoms with Crippen LogP contribution in [-0.4, -0.2) is 40.8 Å². The summed E-state index contributed by atoms with van der Waals surface area (Å²) in [4.78, 5) is 47.4. The first-order valence-electron chi connectivity index (χ1n) is 8.83. The highest BCUT2D eigenvalue weighted by molar-refractivity contribution is 5.90. The van der Waals surface area contributed by atoms with Crippen molar-refractivity contribution >= 4 is 23.6 Å². The zero-order valence-corrected chi connectivity index (χ0v) is 15.0. The molecule has 146 valence electrons. The van der Waals surface area contributed by atoms with E-state index in [0.717, 1.165) is 0 Å². The highest BCUT2D eigenvalue weighted by Crippen LogP contribution is 2.24. The van der Waals surface area contributed by atoms with Crippen molar-refractivity contribution < 1.29 is 28.7 Å². The Bertz CT molecular complexity index is 737. The molecule has 2 amide bonds. The van der Waals surface area contributed by atoms with Gasteiger partial charge in [-0.25, -0.2) is 9.18 Å². The van der Waals surface area contributed by atoms with Crippen molar-refractivity contribution in [1.29, 1.82) is 0 Å². The van der Waals surface area contributed by atoms with Crippen LogP contribution in [0.4, 0.5) is 4.39 Å². The van der Waals surface area contributed by atoms with Gasteiger partial charge < -0.3 is 15.7 Å². The molecule has 1 aromatic rings. The highest BCUT2D eigenvalue weighted by Gasteiger charge is 2.35. The number of carbonyl (C=O) groups is 4. The predicted molar refractivity (Wildman–Crippen MR) is 94.2 cm³/mol. The Labute approximate surface area is 156 Å². The van der Waals surface area contributed by atoms with E-state index in [4.69, 9.17) is 0 Å². The number of halogens is 1. The number of carbonyl (C=O) groups excluding carboxylic acids is 3. The Balaban J connectivity index is 2.15. The minimum atomic E-state index is -1.24.